The Morgan fingerprint density at radius 3 is 2.06 bits per heavy atom. The first-order valence-corrected chi connectivity index (χ1v) is 4.40. The zero-order valence-electron chi connectivity index (χ0n) is 9.07. The van der Waals surface area contributed by atoms with Crippen LogP contribution in [0.5, 0.6) is 17.2 Å². The molecule has 16 heavy (non-hydrogen) atoms. The van der Waals surface area contributed by atoms with E-state index < -0.39 is 12.7 Å². The van der Waals surface area contributed by atoms with Crippen LogP contribution in [0.4, 0.5) is 4.39 Å². The molecule has 0 bridgehead atoms. The molecule has 1 aromatic carbocycles. The highest BCUT2D eigenvalue weighted by Gasteiger charge is 2.18. The number of rotatable bonds is 4. The van der Waals surface area contributed by atoms with Crippen molar-refractivity contribution in [2.75, 3.05) is 20.9 Å². The molecule has 0 heterocycles. The lowest BCUT2D eigenvalue weighted by Crippen LogP contribution is -2.14. The van der Waals surface area contributed by atoms with Gasteiger partial charge in [0.25, 0.3) is 0 Å². The van der Waals surface area contributed by atoms with Crippen LogP contribution in [-0.4, -0.2) is 26.0 Å². The van der Waals surface area contributed by atoms with Gasteiger partial charge in [0.2, 0.25) is 0 Å². The molecule has 0 unspecified atom stereocenters. The summed E-state index contributed by atoms with van der Waals surface area (Å²) in [6.07, 6.45) is 0. The second-order valence-electron chi connectivity index (χ2n) is 3.02. The summed E-state index contributed by atoms with van der Waals surface area (Å²) in [5.41, 5.74) is 6.00. The molecule has 0 aliphatic rings. The average molecular weight is 252 g/mol. The van der Waals surface area contributed by atoms with E-state index in [0.717, 1.165) is 0 Å². The fourth-order valence-electron chi connectivity index (χ4n) is 1.37. The van der Waals surface area contributed by atoms with Crippen LogP contribution in [0.3, 0.4) is 0 Å². The fourth-order valence-corrected chi connectivity index (χ4v) is 1.37. The lowest BCUT2D eigenvalue weighted by Gasteiger charge is -2.16. The minimum atomic E-state index is -0.824. The Morgan fingerprint density at radius 1 is 1.31 bits per heavy atom. The zero-order chi connectivity index (χ0) is 11.4. The Hall–Kier alpha value is -1.20. The van der Waals surface area contributed by atoms with Gasteiger partial charge in [0, 0.05) is 12.1 Å². The maximum absolute atomic E-state index is 12.5. The Bertz CT molecular complexity index is 324. The SMILES string of the molecule is COc1cc(O)cc(OC)c1[C@H](N)CF.Cl. The van der Waals surface area contributed by atoms with Gasteiger partial charge in [0.1, 0.15) is 23.9 Å². The third-order valence-electron chi connectivity index (χ3n) is 2.07. The highest BCUT2D eigenvalue weighted by molar-refractivity contribution is 5.85. The van der Waals surface area contributed by atoms with E-state index in [0.29, 0.717) is 17.1 Å². The molecule has 1 rings (SSSR count). The Kier molecular flexibility index (Phi) is 5.92. The monoisotopic (exact) mass is 251 g/mol. The number of nitrogens with two attached hydrogens (primary N) is 1. The quantitative estimate of drug-likeness (QED) is 0.857. The Balaban J connectivity index is 0.00000225. The molecule has 0 aromatic heterocycles. The molecule has 0 aliphatic carbocycles. The molecular formula is C10H15ClFNO3. The van der Waals surface area contributed by atoms with Crippen molar-refractivity contribution in [3.8, 4) is 17.2 Å². The maximum Gasteiger partial charge on any atom is 0.131 e. The summed E-state index contributed by atoms with van der Waals surface area (Å²) < 4.78 is 22.5. The minimum Gasteiger partial charge on any atom is -0.508 e. The van der Waals surface area contributed by atoms with E-state index in [4.69, 9.17) is 15.2 Å². The van der Waals surface area contributed by atoms with Crippen LogP contribution in [0, 0.1) is 0 Å². The minimum absolute atomic E-state index is 0. The maximum atomic E-state index is 12.5. The number of phenols is 1. The number of methoxy groups -OCH3 is 2. The fraction of sp³-hybridized carbons (Fsp3) is 0.400. The van der Waals surface area contributed by atoms with E-state index in [1.165, 1.54) is 26.4 Å². The van der Waals surface area contributed by atoms with Crippen molar-refractivity contribution in [2.24, 2.45) is 5.73 Å². The normalized spacial score (nSPS) is 11.5. The van der Waals surface area contributed by atoms with E-state index in [-0.39, 0.29) is 18.2 Å². The van der Waals surface area contributed by atoms with Crippen molar-refractivity contribution in [1.82, 2.24) is 0 Å². The zero-order valence-corrected chi connectivity index (χ0v) is 9.88. The number of hydrogen-bond acceptors (Lipinski definition) is 4. The highest BCUT2D eigenvalue weighted by atomic mass is 35.5. The van der Waals surface area contributed by atoms with Crippen LogP contribution >= 0.6 is 12.4 Å². The number of ether oxygens (including phenoxy) is 2. The standard InChI is InChI=1S/C10H14FNO3.ClH/c1-14-8-3-6(13)4-9(15-2)10(8)7(12)5-11;/h3-4,7,13H,5,12H2,1-2H3;1H/t7-;/m1./s1. The van der Waals surface area contributed by atoms with Crippen molar-refractivity contribution in [2.45, 2.75) is 6.04 Å². The van der Waals surface area contributed by atoms with Crippen LogP contribution in [-0.2, 0) is 0 Å². The van der Waals surface area contributed by atoms with Crippen LogP contribution in [0.15, 0.2) is 12.1 Å². The summed E-state index contributed by atoms with van der Waals surface area (Å²) in [6, 6.07) is 1.91. The summed E-state index contributed by atoms with van der Waals surface area (Å²) in [7, 11) is 2.84. The molecule has 0 saturated heterocycles. The van der Waals surface area contributed by atoms with Gasteiger partial charge in [-0.2, -0.15) is 0 Å². The summed E-state index contributed by atoms with van der Waals surface area (Å²) in [5.74, 6) is 0.618. The first kappa shape index (κ1) is 14.8. The van der Waals surface area contributed by atoms with Crippen molar-refractivity contribution >= 4 is 12.4 Å². The van der Waals surface area contributed by atoms with Crippen LogP contribution < -0.4 is 15.2 Å². The smallest absolute Gasteiger partial charge is 0.131 e. The second-order valence-corrected chi connectivity index (χ2v) is 3.02. The molecule has 0 fully saturated rings. The number of phenolic OH excluding ortho intramolecular Hbond substituents is 1. The van der Waals surface area contributed by atoms with Gasteiger partial charge >= 0.3 is 0 Å². The molecule has 0 spiro atoms. The van der Waals surface area contributed by atoms with Crippen molar-refractivity contribution in [3.63, 3.8) is 0 Å². The molecule has 0 saturated carbocycles. The molecule has 4 nitrogen and oxygen atoms in total. The van der Waals surface area contributed by atoms with Gasteiger partial charge in [0.15, 0.2) is 0 Å². The molecular weight excluding hydrogens is 237 g/mol. The van der Waals surface area contributed by atoms with Gasteiger partial charge in [-0.15, -0.1) is 12.4 Å². The van der Waals surface area contributed by atoms with Crippen LogP contribution in [0.25, 0.3) is 0 Å². The van der Waals surface area contributed by atoms with Gasteiger partial charge in [-0.1, -0.05) is 0 Å². The largest absolute Gasteiger partial charge is 0.508 e. The van der Waals surface area contributed by atoms with E-state index in [1.807, 2.05) is 0 Å². The van der Waals surface area contributed by atoms with Gasteiger partial charge < -0.3 is 20.3 Å². The first-order chi connectivity index (χ1) is 7.13. The van der Waals surface area contributed by atoms with Gasteiger partial charge in [-0.05, 0) is 0 Å². The van der Waals surface area contributed by atoms with E-state index in [9.17, 15) is 9.50 Å². The van der Waals surface area contributed by atoms with E-state index >= 15 is 0 Å². The first-order valence-electron chi connectivity index (χ1n) is 4.40. The van der Waals surface area contributed by atoms with Gasteiger partial charge in [-0.25, -0.2) is 4.39 Å². The van der Waals surface area contributed by atoms with Gasteiger partial charge in [0.05, 0.1) is 25.8 Å². The van der Waals surface area contributed by atoms with Crippen molar-refractivity contribution < 1.29 is 19.0 Å². The van der Waals surface area contributed by atoms with Crippen molar-refractivity contribution in [3.05, 3.63) is 17.7 Å². The molecule has 6 heteroatoms. The highest BCUT2D eigenvalue weighted by Crippen LogP contribution is 2.37. The summed E-state index contributed by atoms with van der Waals surface area (Å²) in [4.78, 5) is 0. The second kappa shape index (κ2) is 6.40. The molecule has 0 amide bonds. The van der Waals surface area contributed by atoms with E-state index in [2.05, 4.69) is 0 Å². The average Bonchev–Trinajstić information content (AvgIpc) is 2.26. The lowest BCUT2D eigenvalue weighted by atomic mass is 10.1. The molecule has 92 valence electrons. The predicted molar refractivity (Wildman–Crippen MR) is 61.4 cm³/mol. The lowest BCUT2D eigenvalue weighted by molar-refractivity contribution is 0.356. The number of benzene rings is 1. The summed E-state index contributed by atoms with van der Waals surface area (Å²) >= 11 is 0. The van der Waals surface area contributed by atoms with E-state index in [1.54, 1.807) is 0 Å². The Morgan fingerprint density at radius 2 is 1.75 bits per heavy atom. The molecule has 0 aliphatic heterocycles. The molecule has 3 N–H and O–H groups in total. The molecule has 1 atom stereocenters. The van der Waals surface area contributed by atoms with Crippen molar-refractivity contribution in [1.29, 1.82) is 0 Å². The molecule has 0 radical (unpaired) electrons. The number of hydrogen-bond donors (Lipinski definition) is 2. The third kappa shape index (κ3) is 2.90. The van der Waals surface area contributed by atoms with Gasteiger partial charge in [-0.3, -0.25) is 0 Å². The summed E-state index contributed by atoms with van der Waals surface area (Å²) in [6.45, 7) is -0.725. The number of alkyl halides is 1. The van der Waals surface area contributed by atoms with Crippen LogP contribution in [0.2, 0.25) is 0 Å². The topological polar surface area (TPSA) is 64.7 Å². The molecule has 1 aromatic rings. The van der Waals surface area contributed by atoms with Crippen LogP contribution in [0.1, 0.15) is 11.6 Å². The number of halogens is 2. The number of aromatic hydroxyl groups is 1. The summed E-state index contributed by atoms with van der Waals surface area (Å²) in [5, 5.41) is 9.34. The Labute approximate surface area is 99.6 Å². The third-order valence-corrected chi connectivity index (χ3v) is 2.07. The predicted octanol–water partition coefficient (Wildman–Crippen LogP) is 1.80.